The van der Waals surface area contributed by atoms with Crippen LogP contribution in [0, 0.1) is 5.92 Å². The van der Waals surface area contributed by atoms with E-state index >= 15 is 0 Å². The summed E-state index contributed by atoms with van der Waals surface area (Å²) in [6.07, 6.45) is 0.823. The highest BCUT2D eigenvalue weighted by molar-refractivity contribution is 9.10. The molecule has 0 radical (unpaired) electrons. The molecule has 0 saturated carbocycles. The summed E-state index contributed by atoms with van der Waals surface area (Å²) in [5, 5.41) is 0.237. The first kappa shape index (κ1) is 16.0. The maximum absolute atomic E-state index is 12.3. The Morgan fingerprint density at radius 1 is 1.39 bits per heavy atom. The molecular formula is C12H17BrClNO2S. The van der Waals surface area contributed by atoms with Crippen LogP contribution in [0.15, 0.2) is 27.6 Å². The van der Waals surface area contributed by atoms with Crippen LogP contribution in [0.4, 0.5) is 0 Å². The van der Waals surface area contributed by atoms with Crippen molar-refractivity contribution in [2.45, 2.75) is 25.2 Å². The first-order valence-electron chi connectivity index (χ1n) is 5.66. The molecule has 0 fully saturated rings. The monoisotopic (exact) mass is 353 g/mol. The summed E-state index contributed by atoms with van der Waals surface area (Å²) < 4.78 is 26.7. The lowest BCUT2D eigenvalue weighted by Gasteiger charge is -2.19. The zero-order valence-corrected chi connectivity index (χ0v) is 13.8. The largest absolute Gasteiger partial charge is 0.244 e. The number of hydrogen-bond acceptors (Lipinski definition) is 2. The molecule has 0 aliphatic rings. The van der Waals surface area contributed by atoms with Crippen LogP contribution >= 0.6 is 27.5 Å². The number of benzene rings is 1. The van der Waals surface area contributed by atoms with Crippen LogP contribution in [0.5, 0.6) is 0 Å². The van der Waals surface area contributed by atoms with Gasteiger partial charge in [0.05, 0.1) is 5.02 Å². The summed E-state index contributed by atoms with van der Waals surface area (Å²) in [7, 11) is -1.92. The molecule has 0 unspecified atom stereocenters. The van der Waals surface area contributed by atoms with Crippen molar-refractivity contribution in [1.29, 1.82) is 0 Å². The Bertz CT molecular complexity index is 517. The van der Waals surface area contributed by atoms with E-state index in [9.17, 15) is 8.42 Å². The highest BCUT2D eigenvalue weighted by atomic mass is 79.9. The number of halogens is 2. The molecule has 1 aromatic rings. The molecule has 0 spiro atoms. The van der Waals surface area contributed by atoms with Crippen molar-refractivity contribution in [2.75, 3.05) is 13.6 Å². The lowest BCUT2D eigenvalue weighted by atomic mass is 10.1. The van der Waals surface area contributed by atoms with Crippen molar-refractivity contribution >= 4 is 37.6 Å². The Balaban J connectivity index is 2.98. The van der Waals surface area contributed by atoms with E-state index in [1.807, 2.05) is 0 Å². The van der Waals surface area contributed by atoms with Crippen molar-refractivity contribution in [1.82, 2.24) is 4.31 Å². The highest BCUT2D eigenvalue weighted by Gasteiger charge is 2.23. The summed E-state index contributed by atoms with van der Waals surface area (Å²) in [6.45, 7) is 4.62. The van der Waals surface area contributed by atoms with Gasteiger partial charge in [0.1, 0.15) is 4.90 Å². The van der Waals surface area contributed by atoms with Gasteiger partial charge in [0, 0.05) is 18.1 Å². The molecule has 0 aromatic heterocycles. The second-order valence-electron chi connectivity index (χ2n) is 4.58. The topological polar surface area (TPSA) is 37.4 Å². The predicted molar refractivity (Wildman–Crippen MR) is 78.4 cm³/mol. The van der Waals surface area contributed by atoms with E-state index in [0.717, 1.165) is 10.9 Å². The molecule has 18 heavy (non-hydrogen) atoms. The minimum absolute atomic E-state index is 0.152. The summed E-state index contributed by atoms with van der Waals surface area (Å²) in [5.41, 5.74) is 0. The molecule has 102 valence electrons. The molecule has 1 rings (SSSR count). The minimum Gasteiger partial charge on any atom is -0.207 e. The Morgan fingerprint density at radius 3 is 2.50 bits per heavy atom. The second-order valence-corrected chi connectivity index (χ2v) is 7.92. The highest BCUT2D eigenvalue weighted by Crippen LogP contribution is 2.27. The molecule has 0 atom stereocenters. The Labute approximate surface area is 122 Å². The molecule has 0 aliphatic heterocycles. The van der Waals surface area contributed by atoms with Crippen LogP contribution in [0.1, 0.15) is 20.3 Å². The van der Waals surface area contributed by atoms with Crippen molar-refractivity contribution < 1.29 is 8.42 Å². The third kappa shape index (κ3) is 3.95. The maximum Gasteiger partial charge on any atom is 0.244 e. The molecule has 0 saturated heterocycles. The van der Waals surface area contributed by atoms with Gasteiger partial charge >= 0.3 is 0 Å². The van der Waals surface area contributed by atoms with E-state index in [0.29, 0.717) is 12.5 Å². The maximum atomic E-state index is 12.3. The zero-order chi connectivity index (χ0) is 13.9. The van der Waals surface area contributed by atoms with E-state index in [4.69, 9.17) is 11.6 Å². The van der Waals surface area contributed by atoms with Gasteiger partial charge in [-0.25, -0.2) is 12.7 Å². The minimum atomic E-state index is -3.50. The summed E-state index contributed by atoms with van der Waals surface area (Å²) in [4.78, 5) is 0.152. The molecule has 0 amide bonds. The number of nitrogens with zero attached hydrogens (tertiary/aromatic N) is 1. The number of rotatable bonds is 5. The summed E-state index contributed by atoms with van der Waals surface area (Å²) in [6, 6.07) is 4.79. The lowest BCUT2D eigenvalue weighted by molar-refractivity contribution is 0.428. The predicted octanol–water partition coefficient (Wildman–Crippen LogP) is 3.77. The van der Waals surface area contributed by atoms with Gasteiger partial charge in [0.25, 0.3) is 0 Å². The van der Waals surface area contributed by atoms with Crippen LogP contribution in [0.25, 0.3) is 0 Å². The number of sulfonamides is 1. The van der Waals surface area contributed by atoms with Crippen molar-refractivity contribution in [3.8, 4) is 0 Å². The van der Waals surface area contributed by atoms with Gasteiger partial charge in [0.15, 0.2) is 0 Å². The third-order valence-corrected chi connectivity index (χ3v) is 5.44. The van der Waals surface area contributed by atoms with Gasteiger partial charge in [-0.3, -0.25) is 0 Å². The van der Waals surface area contributed by atoms with E-state index in [-0.39, 0.29) is 9.92 Å². The first-order valence-corrected chi connectivity index (χ1v) is 8.27. The molecule has 0 aliphatic carbocycles. The normalized spacial score (nSPS) is 12.4. The van der Waals surface area contributed by atoms with E-state index in [1.54, 1.807) is 19.2 Å². The molecular weight excluding hydrogens is 338 g/mol. The standard InChI is InChI=1S/C12H17BrClNO2S/c1-9(2)6-7-15(3)18(16,17)12-5-4-10(13)8-11(12)14/h4-5,8-9H,6-7H2,1-3H3. The average molecular weight is 355 g/mol. The Kier molecular flexibility index (Phi) is 5.65. The van der Waals surface area contributed by atoms with E-state index < -0.39 is 10.0 Å². The fraction of sp³-hybridized carbons (Fsp3) is 0.500. The van der Waals surface area contributed by atoms with E-state index in [1.165, 1.54) is 10.4 Å². The Morgan fingerprint density at radius 2 is 2.00 bits per heavy atom. The van der Waals surface area contributed by atoms with Crippen LogP contribution in [-0.2, 0) is 10.0 Å². The van der Waals surface area contributed by atoms with Gasteiger partial charge < -0.3 is 0 Å². The van der Waals surface area contributed by atoms with Crippen LogP contribution in [0.3, 0.4) is 0 Å². The molecule has 6 heteroatoms. The fourth-order valence-corrected chi connectivity index (χ4v) is 3.61. The van der Waals surface area contributed by atoms with Crippen molar-refractivity contribution in [3.63, 3.8) is 0 Å². The van der Waals surface area contributed by atoms with Gasteiger partial charge in [0.2, 0.25) is 10.0 Å². The third-order valence-electron chi connectivity index (χ3n) is 2.60. The summed E-state index contributed by atoms with van der Waals surface area (Å²) in [5.74, 6) is 0.461. The van der Waals surface area contributed by atoms with Crippen molar-refractivity contribution in [2.24, 2.45) is 5.92 Å². The quantitative estimate of drug-likeness (QED) is 0.807. The zero-order valence-electron chi connectivity index (χ0n) is 10.7. The molecule has 0 N–H and O–H groups in total. The molecule has 0 bridgehead atoms. The van der Waals surface area contributed by atoms with E-state index in [2.05, 4.69) is 29.8 Å². The first-order chi connectivity index (χ1) is 8.25. The second kappa shape index (κ2) is 6.37. The van der Waals surface area contributed by atoms with Gasteiger partial charge in [-0.05, 0) is 30.5 Å². The lowest BCUT2D eigenvalue weighted by Crippen LogP contribution is -2.28. The van der Waals surface area contributed by atoms with Crippen LogP contribution < -0.4 is 0 Å². The smallest absolute Gasteiger partial charge is 0.207 e. The average Bonchev–Trinajstić information content (AvgIpc) is 2.24. The van der Waals surface area contributed by atoms with Gasteiger partial charge in [-0.2, -0.15) is 0 Å². The van der Waals surface area contributed by atoms with Gasteiger partial charge in [-0.15, -0.1) is 0 Å². The van der Waals surface area contributed by atoms with Crippen LogP contribution in [-0.4, -0.2) is 26.3 Å². The van der Waals surface area contributed by atoms with Crippen molar-refractivity contribution in [3.05, 3.63) is 27.7 Å². The number of hydrogen-bond donors (Lipinski definition) is 0. The van der Waals surface area contributed by atoms with Crippen LogP contribution in [0.2, 0.25) is 5.02 Å². The fourth-order valence-electron chi connectivity index (χ4n) is 1.41. The molecule has 0 heterocycles. The molecule has 3 nitrogen and oxygen atoms in total. The molecule has 1 aromatic carbocycles. The van der Waals surface area contributed by atoms with Gasteiger partial charge in [-0.1, -0.05) is 41.4 Å². The Hall–Kier alpha value is -0.100. The summed E-state index contributed by atoms with van der Waals surface area (Å²) >= 11 is 9.24. The SMILES string of the molecule is CC(C)CCN(C)S(=O)(=O)c1ccc(Br)cc1Cl.